The van der Waals surface area contributed by atoms with Gasteiger partial charge in [-0.3, -0.25) is 4.79 Å². The van der Waals surface area contributed by atoms with Crippen molar-refractivity contribution in [1.29, 1.82) is 0 Å². The standard InChI is InChI=1S/C18H26N2O2/c1-3-22-16-11-15(18(16)8-4-5-9-18)20-17(21)14-10-13(19)7-6-12(14)2/h6-7,10,15-16H,3-5,8-9,11,19H2,1-2H3,(H,20,21). The van der Waals surface area contributed by atoms with Crippen LogP contribution in [0.2, 0.25) is 0 Å². The number of ether oxygens (including phenoxy) is 1. The van der Waals surface area contributed by atoms with Crippen molar-refractivity contribution >= 4 is 11.6 Å². The quantitative estimate of drug-likeness (QED) is 0.840. The van der Waals surface area contributed by atoms with E-state index < -0.39 is 0 Å². The van der Waals surface area contributed by atoms with Crippen LogP contribution in [0.1, 0.15) is 54.9 Å². The first-order valence-electron chi connectivity index (χ1n) is 8.35. The fourth-order valence-corrected chi connectivity index (χ4v) is 4.21. The van der Waals surface area contributed by atoms with Crippen LogP contribution in [0.25, 0.3) is 0 Å². The maximum Gasteiger partial charge on any atom is 0.251 e. The summed E-state index contributed by atoms with van der Waals surface area (Å²) in [5.41, 5.74) is 8.27. The molecule has 1 aromatic carbocycles. The number of nitrogens with one attached hydrogen (secondary N) is 1. The van der Waals surface area contributed by atoms with E-state index in [0.717, 1.165) is 18.6 Å². The maximum atomic E-state index is 12.6. The predicted octanol–water partition coefficient (Wildman–Crippen LogP) is 3.04. The van der Waals surface area contributed by atoms with Gasteiger partial charge in [-0.15, -0.1) is 0 Å². The lowest BCUT2D eigenvalue weighted by atomic mass is 9.60. The number of hydrogen-bond donors (Lipinski definition) is 2. The highest BCUT2D eigenvalue weighted by Crippen LogP contribution is 2.54. The molecule has 0 aromatic heterocycles. The minimum Gasteiger partial charge on any atom is -0.399 e. The van der Waals surface area contributed by atoms with Gasteiger partial charge in [-0.05, 0) is 50.8 Å². The molecule has 0 radical (unpaired) electrons. The Morgan fingerprint density at radius 1 is 1.41 bits per heavy atom. The van der Waals surface area contributed by atoms with E-state index in [-0.39, 0.29) is 17.4 Å². The van der Waals surface area contributed by atoms with Gasteiger partial charge in [0.25, 0.3) is 5.91 Å². The molecule has 4 heteroatoms. The number of anilines is 1. The highest BCUT2D eigenvalue weighted by Gasteiger charge is 2.57. The average molecular weight is 302 g/mol. The van der Waals surface area contributed by atoms with E-state index >= 15 is 0 Å². The Hall–Kier alpha value is -1.55. The summed E-state index contributed by atoms with van der Waals surface area (Å²) >= 11 is 0. The second-order valence-electron chi connectivity index (χ2n) is 6.72. The summed E-state index contributed by atoms with van der Waals surface area (Å²) < 4.78 is 5.90. The largest absolute Gasteiger partial charge is 0.399 e. The molecule has 3 rings (SSSR count). The van der Waals surface area contributed by atoms with Crippen LogP contribution in [0.4, 0.5) is 5.69 Å². The van der Waals surface area contributed by atoms with E-state index in [1.807, 2.05) is 26.0 Å². The molecule has 0 aliphatic heterocycles. The van der Waals surface area contributed by atoms with Gasteiger partial charge in [0, 0.05) is 29.3 Å². The number of aryl methyl sites for hydroxylation is 1. The third-order valence-corrected chi connectivity index (χ3v) is 5.50. The molecule has 0 saturated heterocycles. The molecule has 4 nitrogen and oxygen atoms in total. The molecule has 2 aliphatic carbocycles. The normalized spacial score (nSPS) is 25.9. The van der Waals surface area contributed by atoms with Crippen LogP contribution in [0.5, 0.6) is 0 Å². The van der Waals surface area contributed by atoms with Crippen molar-refractivity contribution in [3.63, 3.8) is 0 Å². The van der Waals surface area contributed by atoms with Crippen molar-refractivity contribution in [2.45, 2.75) is 58.1 Å². The van der Waals surface area contributed by atoms with Gasteiger partial charge in [-0.25, -0.2) is 0 Å². The summed E-state index contributed by atoms with van der Waals surface area (Å²) in [4.78, 5) is 12.6. The van der Waals surface area contributed by atoms with Crippen molar-refractivity contribution in [2.24, 2.45) is 5.41 Å². The number of amides is 1. The number of nitrogens with two attached hydrogens (primary N) is 1. The molecule has 1 spiro atoms. The van der Waals surface area contributed by atoms with Crippen LogP contribution >= 0.6 is 0 Å². The highest BCUT2D eigenvalue weighted by molar-refractivity contribution is 5.96. The molecule has 2 unspecified atom stereocenters. The molecule has 1 aromatic rings. The van der Waals surface area contributed by atoms with E-state index in [9.17, 15) is 4.79 Å². The van der Waals surface area contributed by atoms with Crippen molar-refractivity contribution in [2.75, 3.05) is 12.3 Å². The van der Waals surface area contributed by atoms with Gasteiger partial charge >= 0.3 is 0 Å². The molecule has 0 bridgehead atoms. The Balaban J connectivity index is 1.73. The van der Waals surface area contributed by atoms with Crippen LogP contribution < -0.4 is 11.1 Å². The summed E-state index contributed by atoms with van der Waals surface area (Å²) in [6, 6.07) is 5.74. The van der Waals surface area contributed by atoms with Gasteiger partial charge in [0.2, 0.25) is 0 Å². The van der Waals surface area contributed by atoms with E-state index in [0.29, 0.717) is 17.4 Å². The Morgan fingerprint density at radius 3 is 2.82 bits per heavy atom. The van der Waals surface area contributed by atoms with Gasteiger partial charge in [-0.1, -0.05) is 18.9 Å². The monoisotopic (exact) mass is 302 g/mol. The van der Waals surface area contributed by atoms with Gasteiger partial charge in [-0.2, -0.15) is 0 Å². The van der Waals surface area contributed by atoms with Crippen LogP contribution in [-0.4, -0.2) is 24.7 Å². The Bertz CT molecular complexity index is 564. The summed E-state index contributed by atoms with van der Waals surface area (Å²) in [7, 11) is 0. The first-order valence-corrected chi connectivity index (χ1v) is 8.35. The number of nitrogen functional groups attached to an aromatic ring is 1. The molecule has 2 fully saturated rings. The average Bonchev–Trinajstić information content (AvgIpc) is 3.01. The van der Waals surface area contributed by atoms with Gasteiger partial charge in [0.05, 0.1) is 6.10 Å². The highest BCUT2D eigenvalue weighted by atomic mass is 16.5. The van der Waals surface area contributed by atoms with Gasteiger partial charge < -0.3 is 15.8 Å². The van der Waals surface area contributed by atoms with E-state index in [4.69, 9.17) is 10.5 Å². The van der Waals surface area contributed by atoms with Crippen molar-refractivity contribution in [3.05, 3.63) is 29.3 Å². The summed E-state index contributed by atoms with van der Waals surface area (Å²) in [5, 5.41) is 3.25. The molecule has 2 saturated carbocycles. The number of rotatable bonds is 4. The molecule has 0 heterocycles. The third kappa shape index (κ3) is 2.50. The van der Waals surface area contributed by atoms with Crippen molar-refractivity contribution in [3.8, 4) is 0 Å². The molecule has 120 valence electrons. The topological polar surface area (TPSA) is 64.3 Å². The maximum absolute atomic E-state index is 12.6. The number of benzene rings is 1. The minimum atomic E-state index is -0.00368. The van der Waals surface area contributed by atoms with Crippen LogP contribution in [0, 0.1) is 12.3 Å². The van der Waals surface area contributed by atoms with Gasteiger partial charge in [0.15, 0.2) is 0 Å². The van der Waals surface area contributed by atoms with Crippen molar-refractivity contribution in [1.82, 2.24) is 5.32 Å². The summed E-state index contributed by atoms with van der Waals surface area (Å²) in [6.45, 7) is 4.75. The molecule has 2 atom stereocenters. The molecule has 1 amide bonds. The molecule has 3 N–H and O–H groups in total. The zero-order valence-electron chi connectivity index (χ0n) is 13.5. The first kappa shape index (κ1) is 15.3. The Morgan fingerprint density at radius 2 is 2.14 bits per heavy atom. The Labute approximate surface area is 132 Å². The zero-order chi connectivity index (χ0) is 15.7. The lowest BCUT2D eigenvalue weighted by Crippen LogP contribution is -2.63. The predicted molar refractivity (Wildman–Crippen MR) is 87.8 cm³/mol. The fraction of sp³-hybridized carbons (Fsp3) is 0.611. The SMILES string of the molecule is CCOC1CC(NC(=O)c2cc(N)ccc2C)C12CCCC2. The molecule has 22 heavy (non-hydrogen) atoms. The van der Waals surface area contributed by atoms with Gasteiger partial charge in [0.1, 0.15) is 0 Å². The van der Waals surface area contributed by atoms with Crippen LogP contribution in [0.3, 0.4) is 0 Å². The van der Waals surface area contributed by atoms with Crippen LogP contribution in [-0.2, 0) is 4.74 Å². The second kappa shape index (κ2) is 5.92. The van der Waals surface area contributed by atoms with Crippen molar-refractivity contribution < 1.29 is 9.53 Å². The molecule has 2 aliphatic rings. The summed E-state index contributed by atoms with van der Waals surface area (Å²) in [5.74, 6) is -0.00368. The second-order valence-corrected chi connectivity index (χ2v) is 6.72. The minimum absolute atomic E-state index is 0.00368. The zero-order valence-corrected chi connectivity index (χ0v) is 13.5. The molecular formula is C18H26N2O2. The Kier molecular flexibility index (Phi) is 4.13. The lowest BCUT2D eigenvalue weighted by molar-refractivity contribution is -0.127. The number of carbonyl (C=O) groups is 1. The molecular weight excluding hydrogens is 276 g/mol. The first-order chi connectivity index (χ1) is 10.6. The smallest absolute Gasteiger partial charge is 0.251 e. The third-order valence-electron chi connectivity index (χ3n) is 5.50. The van der Waals surface area contributed by atoms with E-state index in [2.05, 4.69) is 5.32 Å². The van der Waals surface area contributed by atoms with E-state index in [1.54, 1.807) is 6.07 Å². The van der Waals surface area contributed by atoms with Crippen LogP contribution in [0.15, 0.2) is 18.2 Å². The number of carbonyl (C=O) groups excluding carboxylic acids is 1. The fourth-order valence-electron chi connectivity index (χ4n) is 4.21. The van der Waals surface area contributed by atoms with E-state index in [1.165, 1.54) is 25.7 Å². The lowest BCUT2D eigenvalue weighted by Gasteiger charge is -2.54. The number of hydrogen-bond acceptors (Lipinski definition) is 3. The summed E-state index contributed by atoms with van der Waals surface area (Å²) in [6.07, 6.45) is 6.06.